The fraction of sp³-hybridized carbons (Fsp3) is 0.536. The number of rotatable bonds is 15. The van der Waals surface area contributed by atoms with Crippen molar-refractivity contribution in [1.29, 1.82) is 0 Å². The number of carbonyl (C=O) groups is 1. The van der Waals surface area contributed by atoms with Crippen molar-refractivity contribution in [3.8, 4) is 22.6 Å². The maximum Gasteiger partial charge on any atom is 0.513 e. The summed E-state index contributed by atoms with van der Waals surface area (Å²) in [6, 6.07) is 8.78. The van der Waals surface area contributed by atoms with Crippen LogP contribution in [0.3, 0.4) is 0 Å². The monoisotopic (exact) mass is 530 g/mol. The summed E-state index contributed by atoms with van der Waals surface area (Å²) >= 11 is 0. The fourth-order valence-corrected chi connectivity index (χ4v) is 3.80. The number of unbranched alkanes of at least 4 members (excludes halogenated alkanes) is 5. The highest BCUT2D eigenvalue weighted by molar-refractivity contribution is 5.68. The van der Waals surface area contributed by atoms with Crippen molar-refractivity contribution in [2.24, 2.45) is 5.92 Å². The Morgan fingerprint density at radius 1 is 0.811 bits per heavy atom. The second-order valence-electron chi connectivity index (χ2n) is 8.90. The zero-order valence-electron chi connectivity index (χ0n) is 21.3. The van der Waals surface area contributed by atoms with E-state index in [1.807, 2.05) is 6.92 Å². The van der Waals surface area contributed by atoms with E-state index in [2.05, 4.69) is 6.92 Å². The molecule has 0 aliphatic rings. The highest BCUT2D eigenvalue weighted by Gasteiger charge is 2.38. The van der Waals surface area contributed by atoms with Crippen molar-refractivity contribution >= 4 is 6.16 Å². The molecule has 37 heavy (non-hydrogen) atoms. The molecule has 0 saturated heterocycles. The van der Waals surface area contributed by atoms with E-state index < -0.39 is 48.7 Å². The van der Waals surface area contributed by atoms with Crippen molar-refractivity contribution in [2.45, 2.75) is 77.8 Å². The molecule has 0 amide bonds. The molecule has 4 nitrogen and oxygen atoms in total. The van der Waals surface area contributed by atoms with E-state index in [0.29, 0.717) is 30.8 Å². The van der Waals surface area contributed by atoms with Crippen molar-refractivity contribution in [3.05, 3.63) is 48.0 Å². The summed E-state index contributed by atoms with van der Waals surface area (Å²) in [5.41, 5.74) is 0.343. The predicted octanol–water partition coefficient (Wildman–Crippen LogP) is 9.26. The molecule has 0 radical (unpaired) electrons. The first kappa shape index (κ1) is 30.4. The molecular weight excluding hydrogens is 495 g/mol. The van der Waals surface area contributed by atoms with Crippen LogP contribution in [0.4, 0.5) is 26.7 Å². The summed E-state index contributed by atoms with van der Waals surface area (Å²) in [7, 11) is 0. The Bertz CT molecular complexity index is 960. The molecule has 0 fully saturated rings. The average molecular weight is 531 g/mol. The van der Waals surface area contributed by atoms with Gasteiger partial charge in [-0.2, -0.15) is 17.6 Å². The Balaban J connectivity index is 1.92. The van der Waals surface area contributed by atoms with Crippen LogP contribution in [0.2, 0.25) is 0 Å². The van der Waals surface area contributed by atoms with Gasteiger partial charge in [-0.05, 0) is 49.1 Å². The molecule has 0 aliphatic carbocycles. The van der Waals surface area contributed by atoms with E-state index >= 15 is 0 Å². The number of halogens is 5. The Kier molecular flexibility index (Phi) is 12.7. The minimum atomic E-state index is -4.41. The highest BCUT2D eigenvalue weighted by atomic mass is 19.4. The number of carbonyl (C=O) groups excluding carboxylic acids is 1. The van der Waals surface area contributed by atoms with Crippen LogP contribution in [0.15, 0.2) is 36.4 Å². The van der Waals surface area contributed by atoms with Crippen molar-refractivity contribution in [3.63, 3.8) is 0 Å². The van der Waals surface area contributed by atoms with Gasteiger partial charge < -0.3 is 14.2 Å². The van der Waals surface area contributed by atoms with Crippen LogP contribution in [0.5, 0.6) is 11.5 Å². The van der Waals surface area contributed by atoms with Gasteiger partial charge in [0.25, 0.3) is 0 Å². The molecule has 0 bridgehead atoms. The lowest BCUT2D eigenvalue weighted by atomic mass is 9.97. The van der Waals surface area contributed by atoms with Gasteiger partial charge in [-0.1, -0.05) is 64.5 Å². The van der Waals surface area contributed by atoms with Crippen LogP contribution >= 0.6 is 0 Å². The number of benzene rings is 2. The molecule has 0 aromatic heterocycles. The van der Waals surface area contributed by atoms with E-state index in [1.54, 1.807) is 24.3 Å². The van der Waals surface area contributed by atoms with Crippen molar-refractivity contribution in [2.75, 3.05) is 13.2 Å². The first-order valence-corrected chi connectivity index (χ1v) is 12.8. The summed E-state index contributed by atoms with van der Waals surface area (Å²) in [5.74, 6) is -4.35. The average Bonchev–Trinajstić information content (AvgIpc) is 2.86. The van der Waals surface area contributed by atoms with Crippen LogP contribution in [-0.2, 0) is 4.74 Å². The van der Waals surface area contributed by atoms with E-state index in [4.69, 9.17) is 14.2 Å². The molecule has 0 aliphatic heterocycles. The van der Waals surface area contributed by atoms with Gasteiger partial charge in [0, 0.05) is 5.56 Å². The van der Waals surface area contributed by atoms with E-state index in [0.717, 1.165) is 38.2 Å². The van der Waals surface area contributed by atoms with Crippen molar-refractivity contribution < 1.29 is 41.0 Å². The van der Waals surface area contributed by atoms with Gasteiger partial charge >= 0.3 is 12.3 Å². The summed E-state index contributed by atoms with van der Waals surface area (Å²) < 4.78 is 83.9. The van der Waals surface area contributed by atoms with Crippen LogP contribution in [0, 0.1) is 17.6 Å². The fourth-order valence-electron chi connectivity index (χ4n) is 3.80. The quantitative estimate of drug-likeness (QED) is 0.0996. The Morgan fingerprint density at radius 2 is 1.49 bits per heavy atom. The summed E-state index contributed by atoms with van der Waals surface area (Å²) in [5, 5.41) is 0. The lowest BCUT2D eigenvalue weighted by Crippen LogP contribution is -2.25. The minimum Gasteiger partial charge on any atom is -0.494 e. The molecule has 1 atom stereocenters. The molecule has 9 heteroatoms. The third-order valence-electron chi connectivity index (χ3n) is 5.98. The topological polar surface area (TPSA) is 44.8 Å². The first-order chi connectivity index (χ1) is 17.7. The minimum absolute atomic E-state index is 0.0492. The smallest absolute Gasteiger partial charge is 0.494 e. The van der Waals surface area contributed by atoms with Crippen LogP contribution in [-0.4, -0.2) is 25.5 Å². The first-order valence-electron chi connectivity index (χ1n) is 12.8. The lowest BCUT2D eigenvalue weighted by Gasteiger charge is -2.20. The largest absolute Gasteiger partial charge is 0.513 e. The maximum absolute atomic E-state index is 14.7. The maximum atomic E-state index is 14.7. The number of ether oxygens (including phenoxy) is 3. The van der Waals surface area contributed by atoms with Gasteiger partial charge in [0.05, 0.1) is 19.1 Å². The SMILES string of the molecule is CCCCCCC(CCOC(=O)Oc1ccc(-c2ccc(OCCCCC)cc2)c(F)c1F)C(F)(F)F. The molecule has 206 valence electrons. The zero-order chi connectivity index (χ0) is 27.3. The third kappa shape index (κ3) is 10.2. The van der Waals surface area contributed by atoms with Gasteiger partial charge in [-0.25, -0.2) is 9.18 Å². The molecule has 2 rings (SSSR count). The summed E-state index contributed by atoms with van der Waals surface area (Å²) in [4.78, 5) is 11.9. The molecule has 2 aromatic rings. The zero-order valence-corrected chi connectivity index (χ0v) is 21.3. The van der Waals surface area contributed by atoms with Gasteiger partial charge in [-0.3, -0.25) is 0 Å². The Hall–Kier alpha value is -2.84. The summed E-state index contributed by atoms with van der Waals surface area (Å²) in [6.45, 7) is 4.07. The van der Waals surface area contributed by atoms with Gasteiger partial charge in [0.2, 0.25) is 5.82 Å². The molecular formula is C28H35F5O4. The second kappa shape index (κ2) is 15.4. The standard InChI is InChI=1S/C28H35F5O4/c1-3-5-7-8-10-21(28(31,32)33)17-19-36-27(34)37-24-16-15-23(25(29)26(24)30)20-11-13-22(14-12-20)35-18-9-6-4-2/h11-16,21H,3-10,17-19H2,1-2H3. The molecule has 1 unspecified atom stereocenters. The van der Waals surface area contributed by atoms with Crippen molar-refractivity contribution in [1.82, 2.24) is 0 Å². The molecule has 0 N–H and O–H groups in total. The number of hydrogen-bond donors (Lipinski definition) is 0. The molecule has 2 aromatic carbocycles. The van der Waals surface area contributed by atoms with E-state index in [1.165, 1.54) is 6.07 Å². The van der Waals surface area contributed by atoms with Gasteiger partial charge in [-0.15, -0.1) is 0 Å². The second-order valence-corrected chi connectivity index (χ2v) is 8.90. The highest BCUT2D eigenvalue weighted by Crippen LogP contribution is 2.34. The number of alkyl halides is 3. The van der Waals surface area contributed by atoms with Crippen LogP contribution in [0.1, 0.15) is 71.6 Å². The Labute approximate surface area is 215 Å². The molecule has 0 heterocycles. The van der Waals surface area contributed by atoms with Crippen LogP contribution < -0.4 is 9.47 Å². The molecule has 0 spiro atoms. The van der Waals surface area contributed by atoms with Crippen LogP contribution in [0.25, 0.3) is 11.1 Å². The van der Waals surface area contributed by atoms with Gasteiger partial charge in [0.1, 0.15) is 5.75 Å². The molecule has 0 saturated carbocycles. The summed E-state index contributed by atoms with van der Waals surface area (Å²) in [6.07, 6.45) is -0.376. The van der Waals surface area contributed by atoms with E-state index in [-0.39, 0.29) is 12.0 Å². The van der Waals surface area contributed by atoms with E-state index in [9.17, 15) is 26.7 Å². The van der Waals surface area contributed by atoms with Gasteiger partial charge in [0.15, 0.2) is 11.6 Å². The Morgan fingerprint density at radius 3 is 2.14 bits per heavy atom. The third-order valence-corrected chi connectivity index (χ3v) is 5.98. The normalized spacial score (nSPS) is 12.3. The number of hydrogen-bond acceptors (Lipinski definition) is 4. The lowest BCUT2D eigenvalue weighted by molar-refractivity contribution is -0.180. The predicted molar refractivity (Wildman–Crippen MR) is 132 cm³/mol.